The first kappa shape index (κ1) is 6.72. The van der Waals surface area contributed by atoms with Crippen LogP contribution in [0.4, 0.5) is 0 Å². The van der Waals surface area contributed by atoms with Crippen molar-refractivity contribution in [3.8, 4) is 16.9 Å². The predicted octanol–water partition coefficient (Wildman–Crippen LogP) is 3.06. The van der Waals surface area contributed by atoms with Gasteiger partial charge in [0.25, 0.3) is 0 Å². The van der Waals surface area contributed by atoms with Crippen molar-refractivity contribution in [3.05, 3.63) is 54.6 Å². The number of aromatic hydroxyl groups is 1. The van der Waals surface area contributed by atoms with Crippen LogP contribution in [-0.4, -0.2) is 5.11 Å². The number of hydrogen-bond donors (Lipinski definition) is 1. The molecule has 64 valence electrons. The Morgan fingerprint density at radius 2 is 1.62 bits per heavy atom. The van der Waals surface area contributed by atoms with E-state index in [9.17, 15) is 5.11 Å². The molecule has 0 saturated heterocycles. The van der Waals surface area contributed by atoms with E-state index in [1.165, 1.54) is 0 Å². The molecule has 2 rings (SSSR count). The minimum atomic E-state index is 0.0405. The Morgan fingerprint density at radius 3 is 2.38 bits per heavy atom. The Kier molecular flexibility index (Phi) is 1.71. The van der Waals surface area contributed by atoms with Gasteiger partial charge in [-0.25, -0.2) is 0 Å². The molecule has 0 saturated carbocycles. The summed E-state index contributed by atoms with van der Waals surface area (Å²) < 4.78 is 7.46. The van der Waals surface area contributed by atoms with Crippen molar-refractivity contribution in [2.24, 2.45) is 0 Å². The van der Waals surface area contributed by atoms with Crippen LogP contribution in [0.5, 0.6) is 5.75 Å². The lowest BCUT2D eigenvalue weighted by Gasteiger charge is -2.02. The lowest BCUT2D eigenvalue weighted by molar-refractivity contribution is 0.477. The van der Waals surface area contributed by atoms with Gasteiger partial charge < -0.3 is 5.11 Å². The minimum Gasteiger partial charge on any atom is -0.507 e. The van der Waals surface area contributed by atoms with Crippen LogP contribution in [0.15, 0.2) is 54.6 Å². The summed E-state index contributed by atoms with van der Waals surface area (Å²) in [6.07, 6.45) is 0. The first-order chi connectivity index (χ1) is 6.79. The molecular formula is C12H10O. The van der Waals surface area contributed by atoms with Crippen molar-refractivity contribution in [1.82, 2.24) is 0 Å². The lowest BCUT2D eigenvalue weighted by atomic mass is 10.1. The Bertz CT molecular complexity index is 437. The van der Waals surface area contributed by atoms with Crippen molar-refractivity contribution < 1.29 is 6.48 Å². The van der Waals surface area contributed by atoms with Crippen LogP contribution < -0.4 is 0 Å². The Balaban J connectivity index is 2.58. The largest absolute Gasteiger partial charge is 0.507 e. The Labute approximate surface area is 78.7 Å². The van der Waals surface area contributed by atoms with Crippen LogP contribution in [0.1, 0.15) is 1.37 Å². The van der Waals surface area contributed by atoms with E-state index in [0.717, 1.165) is 5.56 Å². The van der Waals surface area contributed by atoms with Crippen LogP contribution in [0.2, 0.25) is 0 Å². The van der Waals surface area contributed by atoms with Gasteiger partial charge >= 0.3 is 0 Å². The molecule has 0 aliphatic rings. The molecule has 0 fully saturated rings. The standard InChI is InChI=1S/C12H10O/c13-12-9-5-4-8-11(12)10-6-2-1-3-7-10/h1-9,13H/i9D. The highest BCUT2D eigenvalue weighted by Gasteiger charge is 2.00. The summed E-state index contributed by atoms with van der Waals surface area (Å²) in [5.74, 6) is 0.0405. The summed E-state index contributed by atoms with van der Waals surface area (Å²) in [6, 6.07) is 14.9. The fraction of sp³-hybridized carbons (Fsp3) is 0. The average molecular weight is 171 g/mol. The Morgan fingerprint density at radius 1 is 0.923 bits per heavy atom. The molecule has 1 nitrogen and oxygen atoms in total. The SMILES string of the molecule is [2H]c1cccc(-c2ccccc2)c1O. The number of benzene rings is 2. The number of phenolic OH excluding ortho intramolecular Hbond substituents is 1. The molecule has 0 unspecified atom stereocenters. The van der Waals surface area contributed by atoms with E-state index in [2.05, 4.69) is 0 Å². The molecule has 0 aromatic heterocycles. The van der Waals surface area contributed by atoms with E-state index in [-0.39, 0.29) is 11.8 Å². The maximum absolute atomic E-state index is 9.66. The number of rotatable bonds is 1. The monoisotopic (exact) mass is 171 g/mol. The molecule has 2 aromatic carbocycles. The summed E-state index contributed by atoms with van der Waals surface area (Å²) in [5, 5.41) is 9.66. The van der Waals surface area contributed by atoms with Gasteiger partial charge in [0.05, 0.1) is 1.37 Å². The maximum atomic E-state index is 9.66. The van der Waals surface area contributed by atoms with Gasteiger partial charge in [0.15, 0.2) is 0 Å². The highest BCUT2D eigenvalue weighted by Crippen LogP contribution is 2.27. The van der Waals surface area contributed by atoms with E-state index < -0.39 is 0 Å². The molecular weight excluding hydrogens is 160 g/mol. The van der Waals surface area contributed by atoms with E-state index in [4.69, 9.17) is 1.37 Å². The van der Waals surface area contributed by atoms with Gasteiger partial charge in [-0.3, -0.25) is 0 Å². The van der Waals surface area contributed by atoms with Gasteiger partial charge in [-0.1, -0.05) is 48.5 Å². The predicted molar refractivity (Wildman–Crippen MR) is 53.5 cm³/mol. The van der Waals surface area contributed by atoms with Crippen LogP contribution in [0.3, 0.4) is 0 Å². The van der Waals surface area contributed by atoms with Crippen LogP contribution in [0.25, 0.3) is 11.1 Å². The molecule has 2 aromatic rings. The van der Waals surface area contributed by atoms with Crippen molar-refractivity contribution in [2.45, 2.75) is 0 Å². The second kappa shape index (κ2) is 3.31. The lowest BCUT2D eigenvalue weighted by Crippen LogP contribution is -1.76. The maximum Gasteiger partial charge on any atom is 0.123 e. The second-order valence-electron chi connectivity index (χ2n) is 2.80. The van der Waals surface area contributed by atoms with Crippen LogP contribution in [0, 0.1) is 0 Å². The quantitative estimate of drug-likeness (QED) is 0.699. The highest BCUT2D eigenvalue weighted by molar-refractivity contribution is 5.69. The van der Waals surface area contributed by atoms with Gasteiger partial charge in [-0.2, -0.15) is 0 Å². The number of phenols is 1. The number of para-hydroxylation sites is 1. The summed E-state index contributed by atoms with van der Waals surface area (Å²) >= 11 is 0. The third-order valence-electron chi connectivity index (χ3n) is 1.92. The third-order valence-corrected chi connectivity index (χ3v) is 1.92. The van der Waals surface area contributed by atoms with Gasteiger partial charge in [0, 0.05) is 5.56 Å². The molecule has 13 heavy (non-hydrogen) atoms. The zero-order chi connectivity index (χ0) is 9.97. The molecule has 0 radical (unpaired) electrons. The average Bonchev–Trinajstić information content (AvgIpc) is 2.23. The van der Waals surface area contributed by atoms with Crippen LogP contribution >= 0.6 is 0 Å². The normalized spacial score (nSPS) is 10.9. The highest BCUT2D eigenvalue weighted by atomic mass is 16.3. The first-order valence-corrected chi connectivity index (χ1v) is 4.13. The molecule has 0 spiro atoms. The fourth-order valence-corrected chi connectivity index (χ4v) is 1.28. The van der Waals surface area contributed by atoms with Crippen molar-refractivity contribution in [2.75, 3.05) is 0 Å². The van der Waals surface area contributed by atoms with E-state index >= 15 is 0 Å². The Hall–Kier alpha value is -1.76. The molecule has 0 bridgehead atoms. The summed E-state index contributed by atoms with van der Waals surface area (Å²) in [7, 11) is 0. The topological polar surface area (TPSA) is 20.2 Å². The zero-order valence-electron chi connectivity index (χ0n) is 8.07. The van der Waals surface area contributed by atoms with E-state index in [0.29, 0.717) is 5.56 Å². The molecule has 1 N–H and O–H groups in total. The molecule has 0 amide bonds. The van der Waals surface area contributed by atoms with E-state index in [1.54, 1.807) is 12.1 Å². The summed E-state index contributed by atoms with van der Waals surface area (Å²) in [4.78, 5) is 0. The van der Waals surface area contributed by atoms with Crippen LogP contribution in [-0.2, 0) is 0 Å². The molecule has 0 aliphatic heterocycles. The van der Waals surface area contributed by atoms with Crippen molar-refractivity contribution in [3.63, 3.8) is 0 Å². The molecule has 0 atom stereocenters. The third kappa shape index (κ3) is 1.54. The van der Waals surface area contributed by atoms with Gasteiger partial charge in [-0.15, -0.1) is 0 Å². The van der Waals surface area contributed by atoms with Crippen molar-refractivity contribution in [1.29, 1.82) is 0 Å². The molecule has 0 heterocycles. The molecule has 1 heteroatoms. The van der Waals surface area contributed by atoms with Crippen molar-refractivity contribution >= 4 is 0 Å². The fourth-order valence-electron chi connectivity index (χ4n) is 1.28. The second-order valence-corrected chi connectivity index (χ2v) is 2.80. The minimum absolute atomic E-state index is 0.0405. The number of hydrogen-bond acceptors (Lipinski definition) is 1. The van der Waals surface area contributed by atoms with Gasteiger partial charge in [0.2, 0.25) is 0 Å². The zero-order valence-corrected chi connectivity index (χ0v) is 7.07. The van der Waals surface area contributed by atoms with Gasteiger partial charge in [-0.05, 0) is 11.6 Å². The van der Waals surface area contributed by atoms with Gasteiger partial charge in [0.1, 0.15) is 5.75 Å². The van der Waals surface area contributed by atoms with E-state index in [1.807, 2.05) is 36.4 Å². The summed E-state index contributed by atoms with van der Waals surface area (Å²) in [5.41, 5.74) is 1.64. The summed E-state index contributed by atoms with van der Waals surface area (Å²) in [6.45, 7) is 0. The molecule has 0 aliphatic carbocycles. The first-order valence-electron chi connectivity index (χ1n) is 4.63. The smallest absolute Gasteiger partial charge is 0.123 e.